The molecule has 0 amide bonds. The normalized spacial score (nSPS) is 11.2. The Labute approximate surface area is 153 Å². The zero-order valence-corrected chi connectivity index (χ0v) is 14.9. The molecule has 5 rings (SSSR count). The predicted octanol–water partition coefficient (Wildman–Crippen LogP) is 5.20. The third kappa shape index (κ3) is 2.27. The summed E-state index contributed by atoms with van der Waals surface area (Å²) in [6, 6.07) is 14.5. The van der Waals surface area contributed by atoms with Crippen molar-refractivity contribution >= 4 is 50.5 Å². The minimum Gasteiger partial charge on any atom is -0.493 e. The van der Waals surface area contributed by atoms with Crippen LogP contribution in [0.3, 0.4) is 0 Å². The summed E-state index contributed by atoms with van der Waals surface area (Å²) in [5.74, 6) is 0.172. The molecule has 3 aromatic heterocycles. The second-order valence-corrected chi connectivity index (χ2v) is 6.73. The van der Waals surface area contributed by atoms with Gasteiger partial charge in [-0.1, -0.05) is 24.3 Å². The zero-order chi connectivity index (χ0) is 16.3. The van der Waals surface area contributed by atoms with Gasteiger partial charge in [0.05, 0.1) is 17.2 Å². The van der Waals surface area contributed by atoms with Crippen molar-refractivity contribution < 1.29 is 5.11 Å². The molecule has 0 aliphatic heterocycles. The van der Waals surface area contributed by atoms with Crippen molar-refractivity contribution in [1.29, 1.82) is 0 Å². The monoisotopic (exact) mass is 367 g/mol. The second-order valence-electron chi connectivity index (χ2n) is 5.82. The first-order valence-corrected chi connectivity index (χ1v) is 8.54. The molecule has 5 aromatic rings. The van der Waals surface area contributed by atoms with Gasteiger partial charge in [0.25, 0.3) is 0 Å². The number of thiophene rings is 1. The lowest BCUT2D eigenvalue weighted by Gasteiger charge is -2.05. The Hall–Kier alpha value is -2.63. The molecule has 0 bridgehead atoms. The van der Waals surface area contributed by atoms with Crippen LogP contribution < -0.4 is 0 Å². The summed E-state index contributed by atoms with van der Waals surface area (Å²) in [6.45, 7) is 1.79. The van der Waals surface area contributed by atoms with Crippen LogP contribution in [0.25, 0.3) is 37.9 Å². The van der Waals surface area contributed by atoms with Crippen molar-refractivity contribution in [3.8, 4) is 17.0 Å². The van der Waals surface area contributed by atoms with Crippen molar-refractivity contribution in [2.24, 2.45) is 0 Å². The van der Waals surface area contributed by atoms with E-state index in [1.54, 1.807) is 28.9 Å². The van der Waals surface area contributed by atoms with E-state index in [-0.39, 0.29) is 18.3 Å². The minimum atomic E-state index is 0. The van der Waals surface area contributed by atoms with Gasteiger partial charge in [-0.3, -0.25) is 9.38 Å². The van der Waals surface area contributed by atoms with Crippen molar-refractivity contribution in [3.05, 3.63) is 59.7 Å². The number of benzene rings is 2. The van der Waals surface area contributed by atoms with Crippen LogP contribution >= 0.6 is 23.7 Å². The molecule has 0 atom stereocenters. The van der Waals surface area contributed by atoms with Crippen LogP contribution in [0.15, 0.2) is 54.0 Å². The number of aryl methyl sites for hydroxylation is 1. The highest BCUT2D eigenvalue weighted by atomic mass is 35.5. The van der Waals surface area contributed by atoms with E-state index >= 15 is 0 Å². The number of aromatic nitrogens is 3. The molecule has 0 saturated heterocycles. The fourth-order valence-corrected chi connectivity index (χ4v) is 4.15. The first kappa shape index (κ1) is 15.9. The van der Waals surface area contributed by atoms with Gasteiger partial charge in [-0.05, 0) is 36.1 Å². The largest absolute Gasteiger partial charge is 0.493 e. The summed E-state index contributed by atoms with van der Waals surface area (Å²) in [6.07, 6.45) is 1.70. The van der Waals surface area contributed by atoms with Crippen LogP contribution in [0.2, 0.25) is 0 Å². The van der Waals surface area contributed by atoms with E-state index < -0.39 is 0 Å². The zero-order valence-electron chi connectivity index (χ0n) is 13.3. The molecule has 0 saturated carbocycles. The maximum atomic E-state index is 10.3. The number of hydrogen-bond acceptors (Lipinski definition) is 4. The van der Waals surface area contributed by atoms with E-state index in [1.807, 2.05) is 6.07 Å². The molecular weight excluding hydrogens is 354 g/mol. The second kappa shape index (κ2) is 5.72. The molecule has 6 heteroatoms. The minimum absolute atomic E-state index is 0. The van der Waals surface area contributed by atoms with E-state index in [4.69, 9.17) is 0 Å². The molecule has 3 heterocycles. The third-order valence-electron chi connectivity index (χ3n) is 4.37. The Bertz CT molecular complexity index is 1240. The predicted molar refractivity (Wildman–Crippen MR) is 105 cm³/mol. The highest BCUT2D eigenvalue weighted by Gasteiger charge is 2.12. The van der Waals surface area contributed by atoms with Crippen molar-refractivity contribution in [3.63, 3.8) is 0 Å². The molecular formula is C19H14ClN3OS. The topological polar surface area (TPSA) is 50.4 Å². The standard InChI is InChI=1S/C19H13N3OS.ClH/c1-11-19(23)22-16-7-6-12(8-15(16)20-9-18(22)21-11)14-10-24-17-5-3-2-4-13(14)17;/h2-10,23H,1H3;1H. The molecule has 2 aromatic carbocycles. The number of rotatable bonds is 1. The van der Waals surface area contributed by atoms with Gasteiger partial charge in [-0.15, -0.1) is 23.7 Å². The van der Waals surface area contributed by atoms with Gasteiger partial charge in [0, 0.05) is 15.6 Å². The maximum Gasteiger partial charge on any atom is 0.219 e. The number of fused-ring (bicyclic) bond motifs is 4. The van der Waals surface area contributed by atoms with Gasteiger partial charge in [0.1, 0.15) is 5.69 Å². The third-order valence-corrected chi connectivity index (χ3v) is 5.34. The van der Waals surface area contributed by atoms with E-state index in [1.165, 1.54) is 15.6 Å². The van der Waals surface area contributed by atoms with E-state index in [0.717, 1.165) is 16.6 Å². The first-order valence-electron chi connectivity index (χ1n) is 7.66. The molecule has 0 aliphatic rings. The fraction of sp³-hybridized carbons (Fsp3) is 0.0526. The summed E-state index contributed by atoms with van der Waals surface area (Å²) < 4.78 is 3.02. The van der Waals surface area contributed by atoms with Crippen LogP contribution in [0.5, 0.6) is 5.88 Å². The number of hydrogen-bond donors (Lipinski definition) is 1. The van der Waals surface area contributed by atoms with Crippen LogP contribution in [0.1, 0.15) is 5.69 Å². The Morgan fingerprint density at radius 3 is 2.84 bits per heavy atom. The molecule has 4 nitrogen and oxygen atoms in total. The Balaban J connectivity index is 0.00000157. The van der Waals surface area contributed by atoms with Crippen molar-refractivity contribution in [1.82, 2.24) is 14.4 Å². The quantitative estimate of drug-likeness (QED) is 0.443. The van der Waals surface area contributed by atoms with Crippen LogP contribution in [-0.4, -0.2) is 19.5 Å². The summed E-state index contributed by atoms with van der Waals surface area (Å²) >= 11 is 1.75. The van der Waals surface area contributed by atoms with Crippen LogP contribution in [0.4, 0.5) is 0 Å². The Morgan fingerprint density at radius 2 is 1.96 bits per heavy atom. The van der Waals surface area contributed by atoms with Gasteiger partial charge < -0.3 is 5.11 Å². The fourth-order valence-electron chi connectivity index (χ4n) is 3.18. The lowest BCUT2D eigenvalue weighted by atomic mass is 10.0. The Kier molecular flexibility index (Phi) is 3.63. The molecule has 0 fully saturated rings. The molecule has 0 spiro atoms. The lowest BCUT2D eigenvalue weighted by molar-refractivity contribution is 0.446. The highest BCUT2D eigenvalue weighted by Crippen LogP contribution is 2.35. The van der Waals surface area contributed by atoms with Crippen LogP contribution in [0, 0.1) is 6.92 Å². The number of halogens is 1. The highest BCUT2D eigenvalue weighted by molar-refractivity contribution is 7.17. The first-order chi connectivity index (χ1) is 11.7. The van der Waals surface area contributed by atoms with Crippen LogP contribution in [-0.2, 0) is 0 Å². The Morgan fingerprint density at radius 1 is 1.12 bits per heavy atom. The van der Waals surface area contributed by atoms with E-state index in [0.29, 0.717) is 11.3 Å². The van der Waals surface area contributed by atoms with Gasteiger partial charge in [0.15, 0.2) is 5.65 Å². The summed E-state index contributed by atoms with van der Waals surface area (Å²) in [5, 5.41) is 13.7. The number of imidazole rings is 1. The average molecular weight is 368 g/mol. The lowest BCUT2D eigenvalue weighted by Crippen LogP contribution is -1.91. The molecule has 1 N–H and O–H groups in total. The van der Waals surface area contributed by atoms with E-state index in [9.17, 15) is 5.11 Å². The van der Waals surface area contributed by atoms with Gasteiger partial charge >= 0.3 is 0 Å². The summed E-state index contributed by atoms with van der Waals surface area (Å²) in [4.78, 5) is 8.85. The van der Waals surface area contributed by atoms with Gasteiger partial charge in [0.2, 0.25) is 5.88 Å². The molecule has 0 unspecified atom stereocenters. The molecule has 0 aliphatic carbocycles. The van der Waals surface area contributed by atoms with Crippen molar-refractivity contribution in [2.75, 3.05) is 0 Å². The number of aromatic hydroxyl groups is 1. The molecule has 0 radical (unpaired) electrons. The smallest absolute Gasteiger partial charge is 0.219 e. The SMILES string of the molecule is Cc1nc2cnc3cc(-c4csc5ccccc45)ccc3n2c1O.Cl. The molecule has 25 heavy (non-hydrogen) atoms. The van der Waals surface area contributed by atoms with Gasteiger partial charge in [-0.25, -0.2) is 4.98 Å². The maximum absolute atomic E-state index is 10.3. The summed E-state index contributed by atoms with van der Waals surface area (Å²) in [5.41, 5.74) is 5.30. The van der Waals surface area contributed by atoms with Gasteiger partial charge in [-0.2, -0.15) is 0 Å². The summed E-state index contributed by atoms with van der Waals surface area (Å²) in [7, 11) is 0. The van der Waals surface area contributed by atoms with E-state index in [2.05, 4.69) is 51.7 Å². The average Bonchev–Trinajstić information content (AvgIpc) is 3.16. The van der Waals surface area contributed by atoms with Crippen molar-refractivity contribution in [2.45, 2.75) is 6.92 Å². The number of nitrogens with zero attached hydrogens (tertiary/aromatic N) is 3. The molecule has 124 valence electrons.